The summed E-state index contributed by atoms with van der Waals surface area (Å²) in [4.78, 5) is 0. The van der Waals surface area contributed by atoms with Crippen LogP contribution >= 0.6 is 0 Å². The fourth-order valence-electron chi connectivity index (χ4n) is 1.46. The number of hydrogen-bond acceptors (Lipinski definition) is 3. The molecule has 0 aliphatic heterocycles. The van der Waals surface area contributed by atoms with E-state index in [1.54, 1.807) is 18.5 Å². The van der Waals surface area contributed by atoms with Crippen molar-refractivity contribution in [3.05, 3.63) is 11.4 Å². The zero-order valence-electron chi connectivity index (χ0n) is 9.27. The molecule has 1 aromatic rings. The van der Waals surface area contributed by atoms with Gasteiger partial charge < -0.3 is 0 Å². The van der Waals surface area contributed by atoms with Crippen LogP contribution in [0.25, 0.3) is 0 Å². The number of anilines is 1. The van der Waals surface area contributed by atoms with Crippen LogP contribution in [0.3, 0.4) is 0 Å². The molecule has 3 N–H and O–H groups in total. The van der Waals surface area contributed by atoms with E-state index in [-0.39, 0.29) is 6.04 Å². The molecule has 0 aromatic carbocycles. The highest BCUT2D eigenvalue weighted by molar-refractivity contribution is 7.90. The van der Waals surface area contributed by atoms with Gasteiger partial charge in [-0.25, -0.2) is 5.14 Å². The Morgan fingerprint density at radius 3 is 2.27 bits per heavy atom. The van der Waals surface area contributed by atoms with Gasteiger partial charge in [0.05, 0.1) is 17.1 Å². The van der Waals surface area contributed by atoms with E-state index >= 15 is 0 Å². The van der Waals surface area contributed by atoms with Gasteiger partial charge >= 0.3 is 0 Å². The molecule has 0 saturated carbocycles. The molecule has 1 heterocycles. The molecule has 0 saturated heterocycles. The smallest absolute Gasteiger partial charge is 0.268 e. The first-order valence-electron chi connectivity index (χ1n) is 4.58. The van der Waals surface area contributed by atoms with Crippen LogP contribution in [0.2, 0.25) is 0 Å². The fraction of sp³-hybridized carbons (Fsp3) is 0.625. The molecule has 86 valence electrons. The number of aryl methyl sites for hydroxylation is 1. The lowest BCUT2D eigenvalue weighted by Crippen LogP contribution is -2.22. The average molecular weight is 232 g/mol. The molecule has 0 aliphatic rings. The third-order valence-electron chi connectivity index (χ3n) is 2.06. The van der Waals surface area contributed by atoms with E-state index in [0.717, 1.165) is 5.69 Å². The second-order valence-corrected chi connectivity index (χ2v) is 5.03. The maximum Gasteiger partial charge on any atom is 0.296 e. The first kappa shape index (κ1) is 12.0. The quantitative estimate of drug-likeness (QED) is 0.803. The number of nitrogens with two attached hydrogens (primary N) is 1. The molecule has 0 fully saturated rings. The van der Waals surface area contributed by atoms with Gasteiger partial charge in [0.25, 0.3) is 10.2 Å². The number of hydrogen-bond donors (Lipinski definition) is 2. The second-order valence-electron chi connectivity index (χ2n) is 3.73. The van der Waals surface area contributed by atoms with Gasteiger partial charge in [0.1, 0.15) is 0 Å². The normalized spacial score (nSPS) is 12.1. The van der Waals surface area contributed by atoms with Crippen LogP contribution in [0.4, 0.5) is 5.69 Å². The third kappa shape index (κ3) is 2.69. The van der Waals surface area contributed by atoms with Crippen LogP contribution in [0, 0.1) is 13.8 Å². The van der Waals surface area contributed by atoms with Gasteiger partial charge in [-0.3, -0.25) is 9.40 Å². The number of aromatic nitrogens is 2. The lowest BCUT2D eigenvalue weighted by molar-refractivity contribution is 0.516. The van der Waals surface area contributed by atoms with E-state index in [4.69, 9.17) is 5.14 Å². The van der Waals surface area contributed by atoms with Gasteiger partial charge in [-0.1, -0.05) is 0 Å². The molecule has 1 rings (SSSR count). The summed E-state index contributed by atoms with van der Waals surface area (Å²) in [7, 11) is -3.74. The molecule has 15 heavy (non-hydrogen) atoms. The summed E-state index contributed by atoms with van der Waals surface area (Å²) >= 11 is 0. The van der Waals surface area contributed by atoms with Gasteiger partial charge in [0.2, 0.25) is 0 Å². The zero-order chi connectivity index (χ0) is 11.8. The van der Waals surface area contributed by atoms with Crippen LogP contribution in [-0.4, -0.2) is 18.2 Å². The summed E-state index contributed by atoms with van der Waals surface area (Å²) in [5.74, 6) is 0. The van der Waals surface area contributed by atoms with Gasteiger partial charge in [0, 0.05) is 6.04 Å². The topological polar surface area (TPSA) is 90.0 Å². The Labute approximate surface area is 89.6 Å². The Hall–Kier alpha value is -1.08. The minimum absolute atomic E-state index is 0.180. The second kappa shape index (κ2) is 3.82. The summed E-state index contributed by atoms with van der Waals surface area (Å²) < 4.78 is 25.8. The molecule has 0 unspecified atom stereocenters. The largest absolute Gasteiger partial charge is 0.296 e. The third-order valence-corrected chi connectivity index (χ3v) is 2.55. The van der Waals surface area contributed by atoms with Crippen molar-refractivity contribution in [2.75, 3.05) is 4.72 Å². The molecule has 0 amide bonds. The molecule has 0 atom stereocenters. The Morgan fingerprint density at radius 2 is 1.93 bits per heavy atom. The minimum Gasteiger partial charge on any atom is -0.268 e. The van der Waals surface area contributed by atoms with Crippen molar-refractivity contribution >= 4 is 15.9 Å². The standard InChI is InChI=1S/C8H16N4O2S/c1-5(2)12-7(4)8(6(3)10-12)11-15(9,13)14/h5,11H,1-4H3,(H2,9,13,14). The highest BCUT2D eigenvalue weighted by Crippen LogP contribution is 2.22. The van der Waals surface area contributed by atoms with Crippen molar-refractivity contribution in [1.29, 1.82) is 0 Å². The molecule has 0 radical (unpaired) electrons. The van der Waals surface area contributed by atoms with Crippen LogP contribution < -0.4 is 9.86 Å². The first-order valence-corrected chi connectivity index (χ1v) is 6.13. The summed E-state index contributed by atoms with van der Waals surface area (Å²) in [6.45, 7) is 7.48. The Morgan fingerprint density at radius 1 is 1.40 bits per heavy atom. The summed E-state index contributed by atoms with van der Waals surface area (Å²) in [5, 5.41) is 9.14. The summed E-state index contributed by atoms with van der Waals surface area (Å²) in [5.41, 5.74) is 1.85. The molecule has 7 heteroatoms. The zero-order valence-corrected chi connectivity index (χ0v) is 10.1. The minimum atomic E-state index is -3.74. The van der Waals surface area contributed by atoms with E-state index < -0.39 is 10.2 Å². The van der Waals surface area contributed by atoms with E-state index in [0.29, 0.717) is 11.4 Å². The molecule has 6 nitrogen and oxygen atoms in total. The molecule has 1 aromatic heterocycles. The Bertz CT molecular complexity index is 461. The molecular weight excluding hydrogens is 216 g/mol. The van der Waals surface area contributed by atoms with Crippen LogP contribution in [-0.2, 0) is 10.2 Å². The van der Waals surface area contributed by atoms with Gasteiger partial charge in [-0.15, -0.1) is 0 Å². The lowest BCUT2D eigenvalue weighted by Gasteiger charge is -2.08. The van der Waals surface area contributed by atoms with Gasteiger partial charge in [0.15, 0.2) is 0 Å². The Balaban J connectivity index is 3.20. The fourth-order valence-corrected chi connectivity index (χ4v) is 2.04. The van der Waals surface area contributed by atoms with E-state index in [9.17, 15) is 8.42 Å². The molecular formula is C8H16N4O2S. The van der Waals surface area contributed by atoms with Gasteiger partial charge in [-0.2, -0.15) is 13.5 Å². The predicted octanol–water partition coefficient (Wildman–Crippen LogP) is 0.696. The van der Waals surface area contributed by atoms with E-state index in [1.165, 1.54) is 0 Å². The van der Waals surface area contributed by atoms with Crippen LogP contribution in [0.15, 0.2) is 0 Å². The lowest BCUT2D eigenvalue weighted by atomic mass is 10.3. The maximum atomic E-state index is 10.9. The average Bonchev–Trinajstić information content (AvgIpc) is 2.29. The van der Waals surface area contributed by atoms with E-state index in [1.807, 2.05) is 13.8 Å². The highest BCUT2D eigenvalue weighted by Gasteiger charge is 2.16. The monoisotopic (exact) mass is 232 g/mol. The van der Waals surface area contributed by atoms with Crippen molar-refractivity contribution in [2.24, 2.45) is 5.14 Å². The number of nitrogens with zero attached hydrogens (tertiary/aromatic N) is 2. The predicted molar refractivity (Wildman–Crippen MR) is 58.8 cm³/mol. The van der Waals surface area contributed by atoms with Crippen molar-refractivity contribution in [2.45, 2.75) is 33.7 Å². The van der Waals surface area contributed by atoms with Crippen molar-refractivity contribution in [3.8, 4) is 0 Å². The molecule has 0 aliphatic carbocycles. The first-order chi connectivity index (χ1) is 6.72. The SMILES string of the molecule is Cc1nn(C(C)C)c(C)c1NS(N)(=O)=O. The van der Waals surface area contributed by atoms with Crippen molar-refractivity contribution in [1.82, 2.24) is 9.78 Å². The van der Waals surface area contributed by atoms with Crippen molar-refractivity contribution < 1.29 is 8.42 Å². The maximum absolute atomic E-state index is 10.9. The van der Waals surface area contributed by atoms with Gasteiger partial charge in [-0.05, 0) is 27.7 Å². The Kier molecular flexibility index (Phi) is 3.05. The molecule has 0 bridgehead atoms. The van der Waals surface area contributed by atoms with Crippen LogP contribution in [0.1, 0.15) is 31.3 Å². The summed E-state index contributed by atoms with van der Waals surface area (Å²) in [6.07, 6.45) is 0. The van der Waals surface area contributed by atoms with Crippen LogP contribution in [0.5, 0.6) is 0 Å². The number of nitrogens with one attached hydrogen (secondary N) is 1. The highest BCUT2D eigenvalue weighted by atomic mass is 32.2. The summed E-state index contributed by atoms with van der Waals surface area (Å²) in [6, 6.07) is 0.180. The van der Waals surface area contributed by atoms with E-state index in [2.05, 4.69) is 9.82 Å². The van der Waals surface area contributed by atoms with Crippen molar-refractivity contribution in [3.63, 3.8) is 0 Å². The molecule has 0 spiro atoms. The number of rotatable bonds is 3.